The number of nitrogens with zero attached hydrogens (tertiary/aromatic N) is 1. The molecule has 1 aromatic heterocycles. The molecule has 0 spiro atoms. The van der Waals surface area contributed by atoms with Crippen LogP contribution in [-0.2, 0) is 20.8 Å². The minimum absolute atomic E-state index is 0.362. The van der Waals surface area contributed by atoms with E-state index in [-0.39, 0.29) is 5.91 Å². The molecule has 1 saturated heterocycles. The summed E-state index contributed by atoms with van der Waals surface area (Å²) < 4.78 is 0. The van der Waals surface area contributed by atoms with E-state index in [0.29, 0.717) is 25.9 Å². The van der Waals surface area contributed by atoms with Gasteiger partial charge in [-0.2, -0.15) is 0 Å². The SMILES string of the molecule is CCC(C)(C)C(=O)C(=O)C1(C(=O)NCCCCc2cccnc2)CCCCN1. The number of pyridine rings is 1. The monoisotopic (exact) mass is 387 g/mol. The molecule has 154 valence electrons. The normalized spacial score (nSPS) is 19.8. The predicted octanol–water partition coefficient (Wildman–Crippen LogP) is 2.61. The summed E-state index contributed by atoms with van der Waals surface area (Å²) in [6.45, 7) is 6.47. The summed E-state index contributed by atoms with van der Waals surface area (Å²) >= 11 is 0. The van der Waals surface area contributed by atoms with Crippen LogP contribution in [0.3, 0.4) is 0 Å². The van der Waals surface area contributed by atoms with Crippen molar-refractivity contribution in [1.29, 1.82) is 0 Å². The maximum atomic E-state index is 13.1. The molecule has 1 aromatic rings. The Morgan fingerprint density at radius 3 is 2.64 bits per heavy atom. The number of rotatable bonds is 10. The lowest BCUT2D eigenvalue weighted by atomic mass is 9.74. The van der Waals surface area contributed by atoms with E-state index in [0.717, 1.165) is 32.1 Å². The molecule has 0 aromatic carbocycles. The highest BCUT2D eigenvalue weighted by molar-refractivity contribution is 6.46. The number of ketones is 2. The molecule has 0 saturated carbocycles. The van der Waals surface area contributed by atoms with Crippen molar-refractivity contribution >= 4 is 17.5 Å². The molecule has 1 unspecified atom stereocenters. The van der Waals surface area contributed by atoms with E-state index in [4.69, 9.17) is 0 Å². The number of aryl methyl sites for hydroxylation is 1. The van der Waals surface area contributed by atoms with Crippen LogP contribution in [0.4, 0.5) is 0 Å². The number of carbonyl (C=O) groups excluding carboxylic acids is 3. The van der Waals surface area contributed by atoms with Crippen molar-refractivity contribution in [2.45, 2.75) is 71.3 Å². The molecule has 1 aliphatic rings. The fourth-order valence-electron chi connectivity index (χ4n) is 3.41. The smallest absolute Gasteiger partial charge is 0.248 e. The lowest BCUT2D eigenvalue weighted by Crippen LogP contribution is -2.66. The van der Waals surface area contributed by atoms with Gasteiger partial charge in [0.2, 0.25) is 17.5 Å². The average Bonchev–Trinajstić information content (AvgIpc) is 2.73. The second kappa shape index (κ2) is 9.92. The van der Waals surface area contributed by atoms with Crippen molar-refractivity contribution in [1.82, 2.24) is 15.6 Å². The second-order valence-corrected chi connectivity index (χ2v) is 8.26. The maximum absolute atomic E-state index is 13.1. The third kappa shape index (κ3) is 5.25. The van der Waals surface area contributed by atoms with Crippen molar-refractivity contribution in [2.24, 2.45) is 5.41 Å². The Labute approximate surface area is 167 Å². The first-order valence-corrected chi connectivity index (χ1v) is 10.3. The van der Waals surface area contributed by atoms with E-state index in [9.17, 15) is 14.4 Å². The van der Waals surface area contributed by atoms with Gasteiger partial charge in [-0.25, -0.2) is 0 Å². The van der Waals surface area contributed by atoms with E-state index in [1.54, 1.807) is 20.0 Å². The summed E-state index contributed by atoms with van der Waals surface area (Å²) in [5.74, 6) is -1.41. The van der Waals surface area contributed by atoms with Gasteiger partial charge in [0, 0.05) is 24.4 Å². The van der Waals surface area contributed by atoms with Gasteiger partial charge >= 0.3 is 0 Å². The highest BCUT2D eigenvalue weighted by Crippen LogP contribution is 2.28. The van der Waals surface area contributed by atoms with Crippen molar-refractivity contribution in [3.8, 4) is 0 Å². The molecule has 0 aliphatic carbocycles. The molecule has 2 N–H and O–H groups in total. The van der Waals surface area contributed by atoms with Crippen LogP contribution in [-0.4, -0.2) is 41.1 Å². The molecular weight excluding hydrogens is 354 g/mol. The molecule has 0 bridgehead atoms. The first-order chi connectivity index (χ1) is 13.3. The van der Waals surface area contributed by atoms with E-state index in [2.05, 4.69) is 15.6 Å². The lowest BCUT2D eigenvalue weighted by molar-refractivity contribution is -0.150. The molecule has 1 fully saturated rings. The molecule has 1 aliphatic heterocycles. The van der Waals surface area contributed by atoms with Gasteiger partial charge in [-0.05, 0) is 63.1 Å². The summed E-state index contributed by atoms with van der Waals surface area (Å²) in [6.07, 6.45) is 8.81. The minimum atomic E-state index is -1.41. The number of unbranched alkanes of at least 4 members (excludes halogenated alkanes) is 1. The summed E-state index contributed by atoms with van der Waals surface area (Å²) in [4.78, 5) is 42.9. The predicted molar refractivity (Wildman–Crippen MR) is 109 cm³/mol. The van der Waals surface area contributed by atoms with Gasteiger partial charge in [0.15, 0.2) is 5.54 Å². The molecule has 1 atom stereocenters. The largest absolute Gasteiger partial charge is 0.354 e. The lowest BCUT2D eigenvalue weighted by Gasteiger charge is -2.36. The van der Waals surface area contributed by atoms with Crippen molar-refractivity contribution in [2.75, 3.05) is 13.1 Å². The van der Waals surface area contributed by atoms with Crippen molar-refractivity contribution in [3.05, 3.63) is 30.1 Å². The van der Waals surface area contributed by atoms with Crippen LogP contribution in [0, 0.1) is 5.41 Å². The summed E-state index contributed by atoms with van der Waals surface area (Å²) in [6, 6.07) is 3.95. The molecule has 6 nitrogen and oxygen atoms in total. The maximum Gasteiger partial charge on any atom is 0.248 e. The van der Waals surface area contributed by atoms with Crippen LogP contribution in [0.2, 0.25) is 0 Å². The van der Waals surface area contributed by atoms with Crippen LogP contribution in [0.25, 0.3) is 0 Å². The Morgan fingerprint density at radius 1 is 1.25 bits per heavy atom. The van der Waals surface area contributed by atoms with Gasteiger partial charge in [0.1, 0.15) is 0 Å². The molecule has 1 amide bonds. The molecule has 2 rings (SSSR count). The van der Waals surface area contributed by atoms with Crippen LogP contribution in [0.5, 0.6) is 0 Å². The first-order valence-electron chi connectivity index (χ1n) is 10.3. The zero-order chi connectivity index (χ0) is 20.6. The van der Waals surface area contributed by atoms with E-state index >= 15 is 0 Å². The summed E-state index contributed by atoms with van der Waals surface area (Å²) in [7, 11) is 0. The quantitative estimate of drug-likeness (QED) is 0.366. The molecule has 28 heavy (non-hydrogen) atoms. The van der Waals surface area contributed by atoms with Gasteiger partial charge < -0.3 is 5.32 Å². The number of hydrogen-bond acceptors (Lipinski definition) is 5. The van der Waals surface area contributed by atoms with Gasteiger partial charge in [-0.1, -0.05) is 26.8 Å². The van der Waals surface area contributed by atoms with Crippen LogP contribution >= 0.6 is 0 Å². The number of carbonyl (C=O) groups is 3. The first kappa shape index (κ1) is 22.2. The Hall–Kier alpha value is -2.08. The number of Topliss-reactive ketones (excluding diaryl/α,β-unsaturated/α-hetero) is 2. The highest BCUT2D eigenvalue weighted by Gasteiger charge is 2.51. The number of hydrogen-bond donors (Lipinski definition) is 2. The Balaban J connectivity index is 1.95. The fourth-order valence-corrected chi connectivity index (χ4v) is 3.41. The van der Waals surface area contributed by atoms with Crippen LogP contribution < -0.4 is 10.6 Å². The fraction of sp³-hybridized carbons (Fsp3) is 0.636. The standard InChI is InChI=1S/C22H33N3O3/c1-4-21(2,3)18(26)19(27)22(12-6-8-15-25-22)20(28)24-14-7-5-10-17-11-9-13-23-16-17/h9,11,13,16,25H,4-8,10,12,14-15H2,1-3H3,(H,24,28). The van der Waals surface area contributed by atoms with Gasteiger partial charge in [0.05, 0.1) is 0 Å². The van der Waals surface area contributed by atoms with E-state index in [1.807, 2.05) is 25.3 Å². The molecular formula is C22H33N3O3. The molecule has 6 heteroatoms. The summed E-state index contributed by atoms with van der Waals surface area (Å²) in [5.41, 5.74) is -1.000. The third-order valence-electron chi connectivity index (χ3n) is 5.79. The Bertz CT molecular complexity index is 680. The summed E-state index contributed by atoms with van der Waals surface area (Å²) in [5, 5.41) is 5.98. The number of aromatic nitrogens is 1. The third-order valence-corrected chi connectivity index (χ3v) is 5.79. The van der Waals surface area contributed by atoms with Gasteiger partial charge in [-0.15, -0.1) is 0 Å². The van der Waals surface area contributed by atoms with Gasteiger partial charge in [-0.3, -0.25) is 24.7 Å². The van der Waals surface area contributed by atoms with Gasteiger partial charge in [0.25, 0.3) is 0 Å². The van der Waals surface area contributed by atoms with Crippen LogP contribution in [0.15, 0.2) is 24.5 Å². The second-order valence-electron chi connectivity index (χ2n) is 8.26. The average molecular weight is 388 g/mol. The van der Waals surface area contributed by atoms with Crippen molar-refractivity contribution in [3.63, 3.8) is 0 Å². The minimum Gasteiger partial charge on any atom is -0.354 e. The Kier molecular flexibility index (Phi) is 7.87. The van der Waals surface area contributed by atoms with E-state index in [1.165, 1.54) is 5.56 Å². The number of nitrogens with one attached hydrogen (secondary N) is 2. The number of piperidine rings is 1. The van der Waals surface area contributed by atoms with Crippen molar-refractivity contribution < 1.29 is 14.4 Å². The zero-order valence-electron chi connectivity index (χ0n) is 17.3. The molecule has 0 radical (unpaired) electrons. The van der Waals surface area contributed by atoms with Crippen LogP contribution in [0.1, 0.15) is 64.9 Å². The zero-order valence-corrected chi connectivity index (χ0v) is 17.3. The Morgan fingerprint density at radius 2 is 2.04 bits per heavy atom. The topological polar surface area (TPSA) is 88.2 Å². The highest BCUT2D eigenvalue weighted by atomic mass is 16.2. The van der Waals surface area contributed by atoms with E-state index < -0.39 is 22.5 Å². The molecule has 2 heterocycles. The number of amides is 1.